The van der Waals surface area contributed by atoms with Gasteiger partial charge in [-0.15, -0.1) is 11.3 Å². The molecule has 4 nitrogen and oxygen atoms in total. The number of furan rings is 1. The molecule has 0 spiro atoms. The summed E-state index contributed by atoms with van der Waals surface area (Å²) in [4.78, 5) is 15.4. The summed E-state index contributed by atoms with van der Waals surface area (Å²) >= 11 is 1.83. The van der Waals surface area contributed by atoms with Crippen LogP contribution >= 0.6 is 11.3 Å². The third-order valence-corrected chi connectivity index (χ3v) is 11.3. The van der Waals surface area contributed by atoms with Crippen LogP contribution in [0.15, 0.2) is 168 Å². The number of hydrogen-bond acceptors (Lipinski definition) is 5. The normalized spacial score (nSPS) is 11.8. The van der Waals surface area contributed by atoms with E-state index in [2.05, 4.69) is 115 Å². The number of thiophene rings is 1. The second kappa shape index (κ2) is 11.4. The highest BCUT2D eigenvalue weighted by atomic mass is 32.1. The number of rotatable bonds is 4. The maximum absolute atomic E-state index is 6.56. The Balaban J connectivity index is 1.14. The summed E-state index contributed by atoms with van der Waals surface area (Å²) in [5, 5.41) is 9.41. The van der Waals surface area contributed by atoms with Crippen LogP contribution < -0.4 is 0 Å². The molecule has 3 aromatic heterocycles. The molecule has 0 amide bonds. The second-order valence-electron chi connectivity index (χ2n) is 13.2. The molecule has 0 saturated heterocycles. The van der Waals surface area contributed by atoms with Gasteiger partial charge in [-0.05, 0) is 63.0 Å². The Bertz CT molecular complexity index is 3200. The number of hydrogen-bond donors (Lipinski definition) is 0. The lowest BCUT2D eigenvalue weighted by Crippen LogP contribution is -2.00. The number of fused-ring (bicyclic) bond motifs is 9. The van der Waals surface area contributed by atoms with Gasteiger partial charge >= 0.3 is 0 Å². The fourth-order valence-corrected chi connectivity index (χ4v) is 8.83. The summed E-state index contributed by atoms with van der Waals surface area (Å²) in [6.07, 6.45) is 0. The van der Waals surface area contributed by atoms with Crippen LogP contribution in [0, 0.1) is 0 Å². The van der Waals surface area contributed by atoms with Crippen molar-refractivity contribution in [3.8, 4) is 45.3 Å². The van der Waals surface area contributed by atoms with Gasteiger partial charge in [0, 0.05) is 47.6 Å². The van der Waals surface area contributed by atoms with E-state index in [9.17, 15) is 0 Å². The van der Waals surface area contributed by atoms with Crippen molar-refractivity contribution >= 4 is 75.0 Å². The van der Waals surface area contributed by atoms with Crippen molar-refractivity contribution < 1.29 is 4.42 Å². The molecule has 5 heteroatoms. The largest absolute Gasteiger partial charge is 0.456 e. The number of nitrogens with zero attached hydrogens (tertiary/aromatic N) is 3. The summed E-state index contributed by atoms with van der Waals surface area (Å²) < 4.78 is 9.12. The topological polar surface area (TPSA) is 51.8 Å². The molecule has 0 aliphatic rings. The Morgan fingerprint density at radius 2 is 0.981 bits per heavy atom. The lowest BCUT2D eigenvalue weighted by Gasteiger charge is -2.11. The molecule has 0 atom stereocenters. The molecule has 0 aliphatic carbocycles. The van der Waals surface area contributed by atoms with E-state index in [0.29, 0.717) is 17.5 Å². The van der Waals surface area contributed by atoms with E-state index >= 15 is 0 Å². The van der Waals surface area contributed by atoms with Gasteiger partial charge in [-0.3, -0.25) is 0 Å². The second-order valence-corrected chi connectivity index (χ2v) is 14.2. The van der Waals surface area contributed by atoms with E-state index in [4.69, 9.17) is 19.4 Å². The zero-order valence-corrected chi connectivity index (χ0v) is 28.6. The van der Waals surface area contributed by atoms with Gasteiger partial charge in [0.05, 0.1) is 0 Å². The summed E-state index contributed by atoms with van der Waals surface area (Å²) in [6.45, 7) is 0. The van der Waals surface area contributed by atoms with E-state index in [-0.39, 0.29) is 0 Å². The molecule has 0 unspecified atom stereocenters. The lowest BCUT2D eigenvalue weighted by molar-refractivity contribution is 0.669. The standard InChI is InChI=1S/C47H27N3OS/c1-2-11-29(12-3-1)45-48-46(32-23-24-34-30(26-32)21-20-28-10-4-5-13-33(28)34)50-47(49-45)38-16-9-18-40-44(38)43-35(15-8-17-39(43)51-40)31-22-25-37-36-14-6-7-19-41(36)52-42(37)27-31/h1-27H. The molecule has 52 heavy (non-hydrogen) atoms. The van der Waals surface area contributed by atoms with Crippen molar-refractivity contribution in [2.45, 2.75) is 0 Å². The van der Waals surface area contributed by atoms with Crippen molar-refractivity contribution in [1.29, 1.82) is 0 Å². The van der Waals surface area contributed by atoms with Crippen molar-refractivity contribution in [3.63, 3.8) is 0 Å². The lowest BCUT2D eigenvalue weighted by atomic mass is 9.96. The van der Waals surface area contributed by atoms with Crippen LogP contribution in [-0.4, -0.2) is 15.0 Å². The van der Waals surface area contributed by atoms with Crippen LogP contribution in [0.3, 0.4) is 0 Å². The van der Waals surface area contributed by atoms with E-state index in [0.717, 1.165) is 55.1 Å². The maximum Gasteiger partial charge on any atom is 0.164 e. The highest BCUT2D eigenvalue weighted by molar-refractivity contribution is 7.25. The van der Waals surface area contributed by atoms with Crippen LogP contribution in [0.2, 0.25) is 0 Å². The van der Waals surface area contributed by atoms with Crippen molar-refractivity contribution in [2.75, 3.05) is 0 Å². The highest BCUT2D eigenvalue weighted by Crippen LogP contribution is 2.43. The molecule has 3 heterocycles. The minimum atomic E-state index is 0.602. The van der Waals surface area contributed by atoms with Gasteiger partial charge in [0.25, 0.3) is 0 Å². The summed E-state index contributed by atoms with van der Waals surface area (Å²) in [5.74, 6) is 1.85. The number of benzene rings is 8. The summed E-state index contributed by atoms with van der Waals surface area (Å²) in [7, 11) is 0. The fourth-order valence-electron chi connectivity index (χ4n) is 7.68. The first-order valence-corrected chi connectivity index (χ1v) is 18.2. The Labute approximate surface area is 302 Å². The minimum Gasteiger partial charge on any atom is -0.456 e. The van der Waals surface area contributed by atoms with Crippen molar-refractivity contribution in [3.05, 3.63) is 164 Å². The Morgan fingerprint density at radius 3 is 1.85 bits per heavy atom. The first-order chi connectivity index (χ1) is 25.7. The van der Waals surface area contributed by atoms with E-state index in [1.807, 2.05) is 59.9 Å². The Hall–Kier alpha value is -6.69. The van der Waals surface area contributed by atoms with Crippen LogP contribution in [0.25, 0.3) is 109 Å². The van der Waals surface area contributed by atoms with Crippen molar-refractivity contribution in [1.82, 2.24) is 15.0 Å². The Morgan fingerprint density at radius 1 is 0.365 bits per heavy atom. The van der Waals surface area contributed by atoms with E-state index in [1.165, 1.54) is 36.3 Å². The molecule has 0 N–H and O–H groups in total. The van der Waals surface area contributed by atoms with Gasteiger partial charge in [-0.25, -0.2) is 15.0 Å². The third-order valence-electron chi connectivity index (χ3n) is 10.1. The van der Waals surface area contributed by atoms with Gasteiger partial charge in [0.2, 0.25) is 0 Å². The maximum atomic E-state index is 6.56. The van der Waals surface area contributed by atoms with E-state index < -0.39 is 0 Å². The van der Waals surface area contributed by atoms with Crippen LogP contribution in [0.1, 0.15) is 0 Å². The van der Waals surface area contributed by atoms with Gasteiger partial charge < -0.3 is 4.42 Å². The zero-order chi connectivity index (χ0) is 34.2. The van der Waals surface area contributed by atoms with Gasteiger partial charge in [0.15, 0.2) is 17.5 Å². The highest BCUT2D eigenvalue weighted by Gasteiger charge is 2.20. The molecular weight excluding hydrogens is 655 g/mol. The Kier molecular flexibility index (Phi) is 6.39. The first kappa shape index (κ1) is 29.1. The average molecular weight is 682 g/mol. The smallest absolute Gasteiger partial charge is 0.164 e. The molecule has 242 valence electrons. The zero-order valence-electron chi connectivity index (χ0n) is 27.7. The molecular formula is C47H27N3OS. The van der Waals surface area contributed by atoms with Crippen LogP contribution in [0.4, 0.5) is 0 Å². The van der Waals surface area contributed by atoms with Crippen LogP contribution in [0.5, 0.6) is 0 Å². The fraction of sp³-hybridized carbons (Fsp3) is 0. The average Bonchev–Trinajstić information content (AvgIpc) is 3.79. The summed E-state index contributed by atoms with van der Waals surface area (Å²) in [5.41, 5.74) is 6.65. The predicted octanol–water partition coefficient (Wildman–Crippen LogP) is 13.1. The summed E-state index contributed by atoms with van der Waals surface area (Å²) in [6, 6.07) is 57.4. The van der Waals surface area contributed by atoms with E-state index in [1.54, 1.807) is 0 Å². The molecule has 0 aliphatic heterocycles. The van der Waals surface area contributed by atoms with Gasteiger partial charge in [-0.2, -0.15) is 0 Å². The minimum absolute atomic E-state index is 0.602. The molecule has 0 bridgehead atoms. The molecule has 8 aromatic carbocycles. The quantitative estimate of drug-likeness (QED) is 0.174. The molecule has 11 rings (SSSR count). The van der Waals surface area contributed by atoms with Gasteiger partial charge in [0.1, 0.15) is 11.2 Å². The SMILES string of the molecule is c1ccc(-c2nc(-c3ccc4c(ccc5ccccc54)c3)nc(-c3cccc4oc5cccc(-c6ccc7c(c6)sc6ccccc67)c5c34)n2)cc1. The van der Waals surface area contributed by atoms with Crippen LogP contribution in [-0.2, 0) is 0 Å². The molecule has 0 fully saturated rings. The monoisotopic (exact) mass is 681 g/mol. The molecule has 0 saturated carbocycles. The van der Waals surface area contributed by atoms with Gasteiger partial charge in [-0.1, -0.05) is 133 Å². The molecule has 11 aromatic rings. The number of aromatic nitrogens is 3. The first-order valence-electron chi connectivity index (χ1n) is 17.3. The predicted molar refractivity (Wildman–Crippen MR) is 217 cm³/mol. The molecule has 0 radical (unpaired) electrons. The third kappa shape index (κ3) is 4.57. The van der Waals surface area contributed by atoms with Crippen molar-refractivity contribution in [2.24, 2.45) is 0 Å².